The van der Waals surface area contributed by atoms with E-state index in [0.717, 1.165) is 0 Å². The van der Waals surface area contributed by atoms with Gasteiger partial charge in [0.05, 0.1) is 17.4 Å². The largest absolute Gasteiger partial charge is 0.478 e. The second-order valence-electron chi connectivity index (χ2n) is 4.75. The van der Waals surface area contributed by atoms with E-state index in [1.807, 2.05) is 13.8 Å². The Morgan fingerprint density at radius 2 is 1.81 bits per heavy atom. The van der Waals surface area contributed by atoms with Gasteiger partial charge in [-0.15, -0.1) is 0 Å². The highest BCUT2D eigenvalue weighted by molar-refractivity contribution is 5.95. The summed E-state index contributed by atoms with van der Waals surface area (Å²) < 4.78 is 0. The Kier molecular flexibility index (Phi) is 5.65. The lowest BCUT2D eigenvalue weighted by Crippen LogP contribution is -2.48. The number of carboxylic acid groups (broad SMARTS) is 1. The first-order chi connectivity index (χ1) is 9.79. The maximum atomic E-state index is 11.7. The molecule has 0 aliphatic carbocycles. The van der Waals surface area contributed by atoms with Crippen molar-refractivity contribution in [2.75, 3.05) is 5.32 Å². The van der Waals surface area contributed by atoms with Gasteiger partial charge in [0.1, 0.15) is 6.04 Å². The maximum absolute atomic E-state index is 11.7. The molecule has 0 aliphatic heterocycles. The first-order valence-electron chi connectivity index (χ1n) is 6.36. The van der Waals surface area contributed by atoms with E-state index >= 15 is 0 Å². The number of nitrogens with one attached hydrogen (secondary N) is 3. The zero-order valence-electron chi connectivity index (χ0n) is 12.0. The fourth-order valence-corrected chi connectivity index (χ4v) is 1.46. The molecular weight excluding hydrogens is 276 g/mol. The van der Waals surface area contributed by atoms with Crippen LogP contribution in [0, 0.1) is 0 Å². The summed E-state index contributed by atoms with van der Waals surface area (Å²) in [5.41, 5.74) is 0.183. The normalized spacial score (nSPS) is 11.6. The van der Waals surface area contributed by atoms with Crippen LogP contribution in [0.5, 0.6) is 0 Å². The summed E-state index contributed by atoms with van der Waals surface area (Å²) in [5, 5.41) is 16.4. The minimum absolute atomic E-state index is 0.0266. The van der Waals surface area contributed by atoms with Crippen molar-refractivity contribution in [2.24, 2.45) is 0 Å². The number of aromatic carboxylic acids is 1. The number of urea groups is 1. The third kappa shape index (κ3) is 5.47. The molecule has 1 rings (SSSR count). The number of carboxylic acids is 1. The maximum Gasteiger partial charge on any atom is 0.337 e. The van der Waals surface area contributed by atoms with E-state index in [1.165, 1.54) is 18.5 Å². The number of rotatable bonds is 5. The average molecular weight is 294 g/mol. The highest BCUT2D eigenvalue weighted by atomic mass is 16.4. The van der Waals surface area contributed by atoms with Gasteiger partial charge in [0.2, 0.25) is 5.91 Å². The second-order valence-corrected chi connectivity index (χ2v) is 4.75. The van der Waals surface area contributed by atoms with Gasteiger partial charge in [-0.05, 0) is 26.8 Å². The van der Waals surface area contributed by atoms with Crippen LogP contribution in [0.2, 0.25) is 0 Å². The second kappa shape index (κ2) is 7.22. The van der Waals surface area contributed by atoms with Crippen LogP contribution in [0.4, 0.5) is 10.5 Å². The fourth-order valence-electron chi connectivity index (χ4n) is 1.46. The number of nitrogens with zero attached hydrogens (tertiary/aromatic N) is 1. The number of anilines is 1. The summed E-state index contributed by atoms with van der Waals surface area (Å²) in [6, 6.07) is -0.0941. The van der Waals surface area contributed by atoms with Crippen molar-refractivity contribution >= 4 is 23.6 Å². The number of carbonyl (C=O) groups is 3. The van der Waals surface area contributed by atoms with Crippen molar-refractivity contribution in [2.45, 2.75) is 32.9 Å². The number of carbonyl (C=O) groups excluding carboxylic acids is 2. The molecule has 114 valence electrons. The van der Waals surface area contributed by atoms with Crippen molar-refractivity contribution < 1.29 is 19.5 Å². The molecule has 4 N–H and O–H groups in total. The SMILES string of the molecule is CC(C)NC(=O)C(C)NC(=O)Nc1cncc(C(=O)O)c1. The first-order valence-corrected chi connectivity index (χ1v) is 6.36. The Labute approximate surface area is 121 Å². The third-order valence-electron chi connectivity index (χ3n) is 2.41. The van der Waals surface area contributed by atoms with Crippen molar-refractivity contribution in [3.8, 4) is 0 Å². The monoisotopic (exact) mass is 294 g/mol. The average Bonchev–Trinajstić information content (AvgIpc) is 2.37. The van der Waals surface area contributed by atoms with E-state index in [-0.39, 0.29) is 23.2 Å². The first kappa shape index (κ1) is 16.4. The number of aromatic nitrogens is 1. The summed E-state index contributed by atoms with van der Waals surface area (Å²) in [6.07, 6.45) is 2.48. The van der Waals surface area contributed by atoms with Gasteiger partial charge in [-0.2, -0.15) is 0 Å². The van der Waals surface area contributed by atoms with Crippen LogP contribution >= 0.6 is 0 Å². The van der Waals surface area contributed by atoms with E-state index in [1.54, 1.807) is 6.92 Å². The van der Waals surface area contributed by atoms with Crippen LogP contribution in [0.25, 0.3) is 0 Å². The molecule has 0 saturated carbocycles. The standard InChI is InChI=1S/C13H18N4O4/c1-7(2)15-11(18)8(3)16-13(21)17-10-4-9(12(19)20)5-14-6-10/h4-8H,1-3H3,(H,15,18)(H,19,20)(H2,16,17,21). The molecule has 3 amide bonds. The molecule has 8 heteroatoms. The van der Waals surface area contributed by atoms with Crippen molar-refractivity contribution in [1.29, 1.82) is 0 Å². The molecule has 1 heterocycles. The number of hydrogen-bond acceptors (Lipinski definition) is 4. The van der Waals surface area contributed by atoms with Crippen LogP contribution in [0.1, 0.15) is 31.1 Å². The van der Waals surface area contributed by atoms with Gasteiger partial charge in [-0.3, -0.25) is 9.78 Å². The molecule has 1 aromatic heterocycles. The summed E-state index contributed by atoms with van der Waals surface area (Å²) in [7, 11) is 0. The summed E-state index contributed by atoms with van der Waals surface area (Å²) in [5.74, 6) is -1.45. The number of pyridine rings is 1. The molecule has 1 aromatic rings. The molecular formula is C13H18N4O4. The van der Waals surface area contributed by atoms with Crippen LogP contribution < -0.4 is 16.0 Å². The molecule has 0 bridgehead atoms. The summed E-state index contributed by atoms with van der Waals surface area (Å²) in [6.45, 7) is 5.17. The summed E-state index contributed by atoms with van der Waals surface area (Å²) in [4.78, 5) is 37.9. The number of amides is 3. The molecule has 0 aromatic carbocycles. The van der Waals surface area contributed by atoms with Crippen molar-refractivity contribution in [1.82, 2.24) is 15.6 Å². The Morgan fingerprint density at radius 1 is 1.14 bits per heavy atom. The van der Waals surface area contributed by atoms with Gasteiger partial charge >= 0.3 is 12.0 Å². The highest BCUT2D eigenvalue weighted by Gasteiger charge is 2.16. The van der Waals surface area contributed by atoms with Gasteiger partial charge in [-0.1, -0.05) is 0 Å². The van der Waals surface area contributed by atoms with E-state index in [0.29, 0.717) is 0 Å². The lowest BCUT2D eigenvalue weighted by molar-refractivity contribution is -0.123. The van der Waals surface area contributed by atoms with Crippen LogP contribution in [-0.4, -0.2) is 40.1 Å². The van der Waals surface area contributed by atoms with E-state index in [2.05, 4.69) is 20.9 Å². The van der Waals surface area contributed by atoms with Crippen molar-refractivity contribution in [3.63, 3.8) is 0 Å². The molecule has 21 heavy (non-hydrogen) atoms. The Balaban J connectivity index is 2.59. The quantitative estimate of drug-likeness (QED) is 0.640. The summed E-state index contributed by atoms with van der Waals surface area (Å²) >= 11 is 0. The van der Waals surface area contributed by atoms with Gasteiger partial charge in [-0.25, -0.2) is 9.59 Å². The molecule has 1 atom stereocenters. The molecule has 0 saturated heterocycles. The highest BCUT2D eigenvalue weighted by Crippen LogP contribution is 2.08. The van der Waals surface area contributed by atoms with E-state index in [9.17, 15) is 14.4 Å². The molecule has 0 spiro atoms. The lowest BCUT2D eigenvalue weighted by atomic mass is 10.2. The van der Waals surface area contributed by atoms with E-state index in [4.69, 9.17) is 5.11 Å². The fraction of sp³-hybridized carbons (Fsp3) is 0.385. The van der Waals surface area contributed by atoms with Gasteiger partial charge < -0.3 is 21.1 Å². The van der Waals surface area contributed by atoms with Crippen LogP contribution in [0.3, 0.4) is 0 Å². The van der Waals surface area contributed by atoms with Gasteiger partial charge in [0.25, 0.3) is 0 Å². The number of hydrogen-bond donors (Lipinski definition) is 4. The molecule has 0 radical (unpaired) electrons. The molecule has 0 fully saturated rings. The van der Waals surface area contributed by atoms with Crippen LogP contribution in [0.15, 0.2) is 18.5 Å². The van der Waals surface area contributed by atoms with Crippen molar-refractivity contribution in [3.05, 3.63) is 24.0 Å². The van der Waals surface area contributed by atoms with Gasteiger partial charge in [0.15, 0.2) is 0 Å². The minimum Gasteiger partial charge on any atom is -0.478 e. The smallest absolute Gasteiger partial charge is 0.337 e. The molecule has 0 aliphatic rings. The zero-order chi connectivity index (χ0) is 16.0. The van der Waals surface area contributed by atoms with Gasteiger partial charge in [0, 0.05) is 12.2 Å². The van der Waals surface area contributed by atoms with Crippen LogP contribution in [-0.2, 0) is 4.79 Å². The Morgan fingerprint density at radius 3 is 2.38 bits per heavy atom. The Hall–Kier alpha value is -2.64. The lowest BCUT2D eigenvalue weighted by Gasteiger charge is -2.16. The molecule has 8 nitrogen and oxygen atoms in total. The predicted molar refractivity (Wildman–Crippen MR) is 76.1 cm³/mol. The topological polar surface area (TPSA) is 120 Å². The third-order valence-corrected chi connectivity index (χ3v) is 2.41. The zero-order valence-corrected chi connectivity index (χ0v) is 12.0. The van der Waals surface area contributed by atoms with E-state index < -0.39 is 18.0 Å². The predicted octanol–water partition coefficient (Wildman–Crippen LogP) is 0.814. The minimum atomic E-state index is -1.14. The Bertz CT molecular complexity index is 545. The molecule has 1 unspecified atom stereocenters.